The van der Waals surface area contributed by atoms with Crippen LogP contribution in [0.2, 0.25) is 0 Å². The van der Waals surface area contributed by atoms with Crippen molar-refractivity contribution < 1.29 is 9.59 Å². The van der Waals surface area contributed by atoms with Gasteiger partial charge in [0.15, 0.2) is 5.78 Å². The molecule has 0 unspecified atom stereocenters. The Labute approximate surface area is 127 Å². The fourth-order valence-corrected chi connectivity index (χ4v) is 2.82. The fraction of sp³-hybridized carbons (Fsp3) is 0.474. The molecule has 1 aromatic carbocycles. The normalized spacial score (nSPS) is 19.0. The third kappa shape index (κ3) is 6.07. The van der Waals surface area contributed by atoms with Gasteiger partial charge in [0.1, 0.15) is 5.78 Å². The summed E-state index contributed by atoms with van der Waals surface area (Å²) >= 11 is 0. The molecule has 0 aliphatic heterocycles. The molecule has 1 saturated carbocycles. The van der Waals surface area contributed by atoms with Gasteiger partial charge in [-0.2, -0.15) is 0 Å². The third-order valence-corrected chi connectivity index (χ3v) is 4.06. The minimum atomic E-state index is 0.195. The smallest absolute Gasteiger partial charge is 0.155 e. The number of hydrogen-bond acceptors (Lipinski definition) is 2. The van der Waals surface area contributed by atoms with E-state index < -0.39 is 0 Å². The molecule has 0 N–H and O–H groups in total. The van der Waals surface area contributed by atoms with Gasteiger partial charge >= 0.3 is 0 Å². The van der Waals surface area contributed by atoms with E-state index >= 15 is 0 Å². The Morgan fingerprint density at radius 3 is 2.76 bits per heavy atom. The van der Waals surface area contributed by atoms with Crippen molar-refractivity contribution in [1.82, 2.24) is 0 Å². The lowest BCUT2D eigenvalue weighted by Gasteiger charge is -2.16. The van der Waals surface area contributed by atoms with Gasteiger partial charge in [-0.1, -0.05) is 36.4 Å². The Hall–Kier alpha value is -1.70. The van der Waals surface area contributed by atoms with Crippen LogP contribution in [0.3, 0.4) is 0 Å². The minimum Gasteiger partial charge on any atom is -0.300 e. The molecule has 2 nitrogen and oxygen atoms in total. The van der Waals surface area contributed by atoms with Gasteiger partial charge < -0.3 is 0 Å². The van der Waals surface area contributed by atoms with E-state index in [-0.39, 0.29) is 5.78 Å². The molecule has 2 rings (SSSR count). The van der Waals surface area contributed by atoms with E-state index in [2.05, 4.69) is 24.3 Å². The maximum absolute atomic E-state index is 11.8. The van der Waals surface area contributed by atoms with Crippen molar-refractivity contribution in [2.75, 3.05) is 0 Å². The minimum absolute atomic E-state index is 0.195. The number of carbonyl (C=O) groups is 2. The first-order chi connectivity index (χ1) is 10.2. The zero-order chi connectivity index (χ0) is 14.9. The van der Waals surface area contributed by atoms with E-state index in [9.17, 15) is 9.59 Å². The second kappa shape index (κ2) is 8.56. The van der Waals surface area contributed by atoms with Crippen molar-refractivity contribution in [2.45, 2.75) is 51.4 Å². The summed E-state index contributed by atoms with van der Waals surface area (Å²) in [6.07, 6.45) is 10.6. The largest absolute Gasteiger partial charge is 0.300 e. The number of hydrogen-bond donors (Lipinski definition) is 0. The maximum Gasteiger partial charge on any atom is 0.155 e. The molecular weight excluding hydrogens is 260 g/mol. The molecule has 0 bridgehead atoms. The summed E-state index contributed by atoms with van der Waals surface area (Å²) < 4.78 is 0. The van der Waals surface area contributed by atoms with Crippen molar-refractivity contribution in [2.24, 2.45) is 5.92 Å². The molecule has 0 aromatic heterocycles. The molecule has 0 amide bonds. The predicted octanol–water partition coefficient (Wildman–Crippen LogP) is 4.28. The summed E-state index contributed by atoms with van der Waals surface area (Å²) in [4.78, 5) is 23.2. The van der Waals surface area contributed by atoms with Crippen LogP contribution in [-0.4, -0.2) is 11.6 Å². The number of allylic oxidation sites excluding steroid dienone is 2. The molecule has 112 valence electrons. The van der Waals surface area contributed by atoms with Crippen LogP contribution in [0.5, 0.6) is 0 Å². The molecule has 1 aromatic rings. The molecule has 1 aliphatic carbocycles. The van der Waals surface area contributed by atoms with E-state index in [4.69, 9.17) is 0 Å². The van der Waals surface area contributed by atoms with Crippen LogP contribution in [0, 0.1) is 5.92 Å². The summed E-state index contributed by atoms with van der Waals surface area (Å²) in [5.41, 5.74) is 1.33. The number of benzene rings is 1. The summed E-state index contributed by atoms with van der Waals surface area (Å²) in [6, 6.07) is 10.4. The van der Waals surface area contributed by atoms with Crippen LogP contribution in [-0.2, 0) is 16.0 Å². The quantitative estimate of drug-likeness (QED) is 0.553. The van der Waals surface area contributed by atoms with Gasteiger partial charge in [0, 0.05) is 19.3 Å². The second-order valence-corrected chi connectivity index (χ2v) is 5.91. The topological polar surface area (TPSA) is 34.1 Å². The van der Waals surface area contributed by atoms with Gasteiger partial charge in [-0.25, -0.2) is 0 Å². The Bertz CT molecular complexity index is 488. The Morgan fingerprint density at radius 2 is 2.00 bits per heavy atom. The highest BCUT2D eigenvalue weighted by Gasteiger charge is 2.16. The van der Waals surface area contributed by atoms with Crippen LogP contribution in [0.4, 0.5) is 0 Å². The van der Waals surface area contributed by atoms with Crippen LogP contribution < -0.4 is 0 Å². The number of carbonyl (C=O) groups excluding carboxylic acids is 2. The predicted molar refractivity (Wildman–Crippen MR) is 85.1 cm³/mol. The molecule has 2 heteroatoms. The lowest BCUT2D eigenvalue weighted by atomic mass is 9.88. The summed E-state index contributed by atoms with van der Waals surface area (Å²) in [6.45, 7) is 0. The SMILES string of the molecule is O=C(/C=C/[C@@H]1CCCC(=O)C1)CCCCc1ccccc1. The van der Waals surface area contributed by atoms with E-state index in [1.54, 1.807) is 6.08 Å². The summed E-state index contributed by atoms with van der Waals surface area (Å²) in [5, 5.41) is 0. The van der Waals surface area contributed by atoms with Gasteiger partial charge in [0.2, 0.25) is 0 Å². The van der Waals surface area contributed by atoms with E-state index in [1.807, 2.05) is 12.1 Å². The lowest BCUT2D eigenvalue weighted by Crippen LogP contribution is -2.13. The van der Waals surface area contributed by atoms with Crippen molar-refractivity contribution in [3.05, 3.63) is 48.0 Å². The second-order valence-electron chi connectivity index (χ2n) is 5.91. The average Bonchev–Trinajstić information content (AvgIpc) is 2.51. The summed E-state index contributed by atoms with van der Waals surface area (Å²) in [5.74, 6) is 0.826. The number of rotatable bonds is 7. The van der Waals surface area contributed by atoms with Crippen molar-refractivity contribution >= 4 is 11.6 Å². The zero-order valence-corrected chi connectivity index (χ0v) is 12.6. The van der Waals surface area contributed by atoms with Gasteiger partial charge in [0.25, 0.3) is 0 Å². The Morgan fingerprint density at radius 1 is 1.19 bits per heavy atom. The van der Waals surface area contributed by atoms with E-state index in [0.717, 1.165) is 38.5 Å². The average molecular weight is 284 g/mol. The molecule has 0 heterocycles. The highest BCUT2D eigenvalue weighted by molar-refractivity contribution is 5.89. The number of aryl methyl sites for hydroxylation is 1. The van der Waals surface area contributed by atoms with Crippen molar-refractivity contribution in [3.8, 4) is 0 Å². The molecule has 0 saturated heterocycles. The van der Waals surface area contributed by atoms with Crippen molar-refractivity contribution in [1.29, 1.82) is 0 Å². The fourth-order valence-electron chi connectivity index (χ4n) is 2.82. The number of ketones is 2. The maximum atomic E-state index is 11.8. The highest BCUT2D eigenvalue weighted by atomic mass is 16.1. The van der Waals surface area contributed by atoms with Crippen LogP contribution in [0.1, 0.15) is 50.5 Å². The van der Waals surface area contributed by atoms with Crippen molar-refractivity contribution in [3.63, 3.8) is 0 Å². The highest BCUT2D eigenvalue weighted by Crippen LogP contribution is 2.22. The Kier molecular flexibility index (Phi) is 6.39. The first-order valence-corrected chi connectivity index (χ1v) is 8.00. The molecule has 0 radical (unpaired) electrons. The molecule has 1 atom stereocenters. The standard InChI is InChI=1S/C19H24O2/c20-18(14-13-17-10-6-12-19(21)15-17)11-5-4-9-16-7-2-1-3-8-16/h1-3,7-8,13-14,17H,4-6,9-12,15H2/b14-13+/t17-/m0/s1. The number of Topliss-reactive ketones (excluding diaryl/α,β-unsaturated/α-hetero) is 1. The van der Waals surface area contributed by atoms with Gasteiger partial charge in [-0.15, -0.1) is 0 Å². The molecule has 1 aliphatic rings. The summed E-state index contributed by atoms with van der Waals surface area (Å²) in [7, 11) is 0. The lowest BCUT2D eigenvalue weighted by molar-refractivity contribution is -0.121. The molecule has 21 heavy (non-hydrogen) atoms. The number of unbranched alkanes of at least 4 members (excludes halogenated alkanes) is 1. The van der Waals surface area contributed by atoms with E-state index in [1.165, 1.54) is 5.56 Å². The molecule has 0 spiro atoms. The molecular formula is C19H24O2. The van der Waals surface area contributed by atoms with Crippen LogP contribution >= 0.6 is 0 Å². The van der Waals surface area contributed by atoms with Gasteiger partial charge in [-0.05, 0) is 49.7 Å². The zero-order valence-electron chi connectivity index (χ0n) is 12.6. The Balaban J connectivity index is 1.62. The third-order valence-electron chi connectivity index (χ3n) is 4.06. The monoisotopic (exact) mass is 284 g/mol. The van der Waals surface area contributed by atoms with E-state index in [0.29, 0.717) is 24.5 Å². The van der Waals surface area contributed by atoms with Crippen LogP contribution in [0.25, 0.3) is 0 Å². The first-order valence-electron chi connectivity index (χ1n) is 8.00. The van der Waals surface area contributed by atoms with Gasteiger partial charge in [0.05, 0.1) is 0 Å². The van der Waals surface area contributed by atoms with Gasteiger partial charge in [-0.3, -0.25) is 9.59 Å². The first kappa shape index (κ1) is 15.7. The molecule has 1 fully saturated rings. The van der Waals surface area contributed by atoms with Crippen LogP contribution in [0.15, 0.2) is 42.5 Å².